The van der Waals surface area contributed by atoms with Gasteiger partial charge in [0.15, 0.2) is 5.82 Å². The number of rotatable bonds is 5. The molecule has 11 heteroatoms. The first-order valence-corrected chi connectivity index (χ1v) is 13.6. The van der Waals surface area contributed by atoms with E-state index in [1.165, 1.54) is 6.33 Å². The molecule has 1 unspecified atom stereocenters. The van der Waals surface area contributed by atoms with Gasteiger partial charge in [-0.15, -0.1) is 0 Å². The highest BCUT2D eigenvalue weighted by Crippen LogP contribution is 2.38. The van der Waals surface area contributed by atoms with E-state index >= 15 is 0 Å². The fourth-order valence-corrected chi connectivity index (χ4v) is 6.80. The molecule has 0 aromatic carbocycles. The number of nitrogens with zero attached hydrogens (tertiary/aromatic N) is 5. The lowest BCUT2D eigenvalue weighted by molar-refractivity contribution is 0.0876. The van der Waals surface area contributed by atoms with Crippen molar-refractivity contribution in [2.75, 3.05) is 25.0 Å². The molecule has 36 heavy (non-hydrogen) atoms. The molecule has 2 fully saturated rings. The van der Waals surface area contributed by atoms with Gasteiger partial charge in [0.25, 0.3) is 11.5 Å². The second-order valence-corrected chi connectivity index (χ2v) is 11.6. The van der Waals surface area contributed by atoms with Crippen LogP contribution < -0.4 is 20.9 Å². The van der Waals surface area contributed by atoms with Crippen LogP contribution in [-0.4, -0.2) is 47.9 Å². The van der Waals surface area contributed by atoms with Gasteiger partial charge in [0.2, 0.25) is 0 Å². The summed E-state index contributed by atoms with van der Waals surface area (Å²) < 4.78 is 11.9. The molecule has 10 nitrogen and oxygen atoms in total. The summed E-state index contributed by atoms with van der Waals surface area (Å²) in [5.41, 5.74) is 2.46. The number of hydrogen-bond acceptors (Lipinski definition) is 7. The molecular weight excluding hydrogens is 573 g/mol. The topological polar surface area (TPSA) is 106 Å². The molecule has 2 N–H and O–H groups in total. The summed E-state index contributed by atoms with van der Waals surface area (Å²) in [6.07, 6.45) is 9.08. The van der Waals surface area contributed by atoms with Crippen molar-refractivity contribution in [2.24, 2.45) is 5.92 Å². The summed E-state index contributed by atoms with van der Waals surface area (Å²) in [5.74, 6) is 1.64. The Hall–Kier alpha value is -2.67. The van der Waals surface area contributed by atoms with Crippen LogP contribution in [0.5, 0.6) is 5.75 Å². The summed E-state index contributed by atoms with van der Waals surface area (Å²) >= 11 is 2.36. The van der Waals surface area contributed by atoms with Gasteiger partial charge in [0.05, 0.1) is 12.8 Å². The fraction of sp³-hybridized carbons (Fsp3) is 0.520. The first-order chi connectivity index (χ1) is 17.4. The van der Waals surface area contributed by atoms with Crippen LogP contribution in [0.1, 0.15) is 60.1 Å². The number of aromatic nitrogens is 4. The Morgan fingerprint density at radius 2 is 2.06 bits per heavy atom. The van der Waals surface area contributed by atoms with E-state index in [4.69, 9.17) is 4.74 Å². The molecule has 2 aliphatic heterocycles. The number of aryl methyl sites for hydroxylation is 2. The summed E-state index contributed by atoms with van der Waals surface area (Å²) in [5, 5.41) is 10.8. The van der Waals surface area contributed by atoms with Crippen molar-refractivity contribution in [3.8, 4) is 5.75 Å². The number of fused-ring (bicyclic) bond motifs is 3. The second-order valence-electron chi connectivity index (χ2n) is 10.3. The molecule has 6 rings (SSSR count). The van der Waals surface area contributed by atoms with E-state index in [2.05, 4.69) is 46.7 Å². The highest BCUT2D eigenvalue weighted by Gasteiger charge is 2.45. The smallest absolute Gasteiger partial charge is 0.276 e. The Morgan fingerprint density at radius 3 is 2.81 bits per heavy atom. The monoisotopic (exact) mass is 603 g/mol. The highest BCUT2D eigenvalue weighted by molar-refractivity contribution is 14.1. The van der Waals surface area contributed by atoms with Crippen molar-refractivity contribution in [2.45, 2.75) is 58.0 Å². The Bertz CT molecular complexity index is 1410. The summed E-state index contributed by atoms with van der Waals surface area (Å²) in [6, 6.07) is 1.75. The average Bonchev–Trinajstić information content (AvgIpc) is 3.50. The lowest BCUT2D eigenvalue weighted by atomic mass is 9.89. The standard InChI is InChI=1S/C25H30IN7O3/c1-15-10-18(24(35)33-20(15)23(34)30-25(33)7-4-3-5-8-25)29-22-21-16(2)19(12-32(21)28-14-27-22)36-13-17-6-9-31(26)11-17/h10,12,14,17H,3-9,11,13H2,1-2H3,(H,30,34)(H,27,28,29). The van der Waals surface area contributed by atoms with Crippen molar-refractivity contribution in [3.63, 3.8) is 0 Å². The largest absolute Gasteiger partial charge is 0.491 e. The van der Waals surface area contributed by atoms with E-state index in [0.29, 0.717) is 29.7 Å². The van der Waals surface area contributed by atoms with Gasteiger partial charge in [0, 0.05) is 47.4 Å². The van der Waals surface area contributed by atoms with E-state index in [1.54, 1.807) is 15.1 Å². The second kappa shape index (κ2) is 9.02. The Balaban J connectivity index is 1.35. The van der Waals surface area contributed by atoms with Crippen LogP contribution in [0.15, 0.2) is 23.4 Å². The van der Waals surface area contributed by atoms with Crippen molar-refractivity contribution < 1.29 is 9.53 Å². The number of halogens is 1. The lowest BCUT2D eigenvalue weighted by Crippen LogP contribution is -2.48. The van der Waals surface area contributed by atoms with Crippen molar-refractivity contribution in [1.29, 1.82) is 0 Å². The lowest BCUT2D eigenvalue weighted by Gasteiger charge is -2.35. The van der Waals surface area contributed by atoms with Gasteiger partial charge in [0.1, 0.15) is 34.6 Å². The van der Waals surface area contributed by atoms with Crippen LogP contribution in [0.2, 0.25) is 0 Å². The fourth-order valence-electron chi connectivity index (χ4n) is 5.97. The van der Waals surface area contributed by atoms with Crippen LogP contribution in [0.3, 0.4) is 0 Å². The van der Waals surface area contributed by atoms with Crippen LogP contribution in [0.4, 0.5) is 11.5 Å². The minimum atomic E-state index is -0.634. The quantitative estimate of drug-likeness (QED) is 0.339. The molecular formula is C25H30IN7O3. The average molecular weight is 603 g/mol. The zero-order valence-electron chi connectivity index (χ0n) is 20.5. The molecule has 3 aliphatic rings. The van der Waals surface area contributed by atoms with Gasteiger partial charge in [-0.25, -0.2) is 12.6 Å². The number of amides is 1. The number of nitrogens with one attached hydrogen (secondary N) is 2. The van der Waals surface area contributed by atoms with Gasteiger partial charge in [-0.05, 0) is 57.6 Å². The molecule has 3 aromatic heterocycles. The summed E-state index contributed by atoms with van der Waals surface area (Å²) in [7, 11) is 0. The maximum absolute atomic E-state index is 13.8. The Morgan fingerprint density at radius 1 is 1.25 bits per heavy atom. The van der Waals surface area contributed by atoms with Crippen LogP contribution in [0, 0.1) is 19.8 Å². The molecule has 190 valence electrons. The van der Waals surface area contributed by atoms with Gasteiger partial charge in [-0.2, -0.15) is 5.10 Å². The van der Waals surface area contributed by atoms with Crippen molar-refractivity contribution >= 4 is 45.8 Å². The third-order valence-electron chi connectivity index (χ3n) is 7.81. The third-order valence-corrected chi connectivity index (χ3v) is 8.68. The van der Waals surface area contributed by atoms with E-state index in [0.717, 1.165) is 74.0 Å². The third kappa shape index (κ3) is 3.87. The first-order valence-electron chi connectivity index (χ1n) is 12.6. The Kier molecular flexibility index (Phi) is 5.94. The van der Waals surface area contributed by atoms with E-state index < -0.39 is 5.66 Å². The molecule has 1 spiro atoms. The maximum atomic E-state index is 13.8. The van der Waals surface area contributed by atoms with Crippen molar-refractivity contribution in [1.82, 2.24) is 27.6 Å². The SMILES string of the molecule is Cc1cc(Nc2ncnn3cc(OCC4CCN(I)C4)c(C)c23)c(=O)n2c1C(=O)NC21CCCCC1. The molecule has 1 saturated heterocycles. The predicted molar refractivity (Wildman–Crippen MR) is 144 cm³/mol. The predicted octanol–water partition coefficient (Wildman–Crippen LogP) is 3.66. The number of anilines is 2. The van der Waals surface area contributed by atoms with Gasteiger partial charge >= 0.3 is 0 Å². The number of pyridine rings is 1. The maximum Gasteiger partial charge on any atom is 0.276 e. The molecule has 1 aliphatic carbocycles. The molecule has 1 atom stereocenters. The zero-order valence-corrected chi connectivity index (χ0v) is 22.7. The van der Waals surface area contributed by atoms with E-state index in [9.17, 15) is 9.59 Å². The van der Waals surface area contributed by atoms with E-state index in [-0.39, 0.29) is 11.5 Å². The molecule has 1 saturated carbocycles. The molecule has 3 aromatic rings. The number of carbonyl (C=O) groups excluding carboxylic acids is 1. The molecule has 0 bridgehead atoms. The van der Waals surface area contributed by atoms with Gasteiger partial charge in [-0.3, -0.25) is 14.2 Å². The minimum Gasteiger partial charge on any atom is -0.491 e. The van der Waals surface area contributed by atoms with Gasteiger partial charge in [-0.1, -0.05) is 6.42 Å². The molecule has 5 heterocycles. The number of carbonyl (C=O) groups is 1. The van der Waals surface area contributed by atoms with E-state index in [1.807, 2.05) is 20.0 Å². The zero-order chi connectivity index (χ0) is 25.0. The van der Waals surface area contributed by atoms with Crippen molar-refractivity contribution in [3.05, 3.63) is 45.8 Å². The Labute approximate surface area is 222 Å². The highest BCUT2D eigenvalue weighted by atomic mass is 127. The minimum absolute atomic E-state index is 0.167. The van der Waals surface area contributed by atoms with Crippen LogP contribution in [0.25, 0.3) is 5.52 Å². The van der Waals surface area contributed by atoms with Gasteiger partial charge < -0.3 is 15.4 Å². The van der Waals surface area contributed by atoms with Crippen LogP contribution in [-0.2, 0) is 5.66 Å². The normalized spacial score (nSPS) is 21.2. The molecule has 1 amide bonds. The summed E-state index contributed by atoms with van der Waals surface area (Å²) in [4.78, 5) is 31.1. The number of ether oxygens (including phenoxy) is 1. The summed E-state index contributed by atoms with van der Waals surface area (Å²) in [6.45, 7) is 6.63. The molecule has 0 radical (unpaired) electrons. The number of hydrogen-bond donors (Lipinski definition) is 2. The first kappa shape index (κ1) is 23.7. The van der Waals surface area contributed by atoms with Crippen LogP contribution >= 0.6 is 22.9 Å².